The van der Waals surface area contributed by atoms with Crippen LogP contribution in [0.4, 0.5) is 14.9 Å². The fourth-order valence-electron chi connectivity index (χ4n) is 1.51. The van der Waals surface area contributed by atoms with E-state index < -0.39 is 29.5 Å². The highest BCUT2D eigenvalue weighted by atomic mass is 19.1. The molecule has 2 amide bonds. The lowest BCUT2D eigenvalue weighted by Crippen LogP contribution is -2.44. The van der Waals surface area contributed by atoms with Gasteiger partial charge in [-0.25, -0.2) is 9.18 Å². The third-order valence-electron chi connectivity index (χ3n) is 2.51. The molecule has 0 aromatic heterocycles. The number of halogens is 1. The van der Waals surface area contributed by atoms with Crippen LogP contribution in [-0.4, -0.2) is 23.6 Å². The quantitative estimate of drug-likeness (QED) is 0.901. The summed E-state index contributed by atoms with van der Waals surface area (Å²) in [5.74, 6) is -1.04. The number of alkyl carbamates (subject to hydrolysis) is 1. The molecule has 1 aromatic carbocycles. The first kappa shape index (κ1) is 16.9. The van der Waals surface area contributed by atoms with E-state index in [9.17, 15) is 14.0 Å². The van der Waals surface area contributed by atoms with Crippen LogP contribution in [0.15, 0.2) is 18.2 Å². The van der Waals surface area contributed by atoms with Crippen LogP contribution in [0.3, 0.4) is 0 Å². The van der Waals surface area contributed by atoms with E-state index in [1.165, 1.54) is 19.1 Å². The Balaban J connectivity index is 2.61. The summed E-state index contributed by atoms with van der Waals surface area (Å²) in [7, 11) is 0. The molecule has 6 heteroatoms. The highest BCUT2D eigenvalue weighted by molar-refractivity contribution is 5.96. The number of rotatable bonds is 3. The molecule has 0 fully saturated rings. The van der Waals surface area contributed by atoms with Crippen molar-refractivity contribution in [1.29, 1.82) is 0 Å². The van der Waals surface area contributed by atoms with Gasteiger partial charge in [0.15, 0.2) is 0 Å². The Hall–Kier alpha value is -2.11. The highest BCUT2D eigenvalue weighted by Gasteiger charge is 2.21. The van der Waals surface area contributed by atoms with E-state index in [1.807, 2.05) is 0 Å². The third-order valence-corrected chi connectivity index (χ3v) is 2.51. The zero-order valence-electron chi connectivity index (χ0n) is 12.9. The van der Waals surface area contributed by atoms with Gasteiger partial charge in [-0.05, 0) is 52.3 Å². The second-order valence-electron chi connectivity index (χ2n) is 5.84. The largest absolute Gasteiger partial charge is 0.444 e. The number of nitrogens with one attached hydrogen (secondary N) is 2. The van der Waals surface area contributed by atoms with Gasteiger partial charge >= 0.3 is 6.09 Å². The van der Waals surface area contributed by atoms with Crippen LogP contribution in [0, 0.1) is 12.7 Å². The van der Waals surface area contributed by atoms with Crippen LogP contribution in [0.2, 0.25) is 0 Å². The number of hydrogen-bond acceptors (Lipinski definition) is 3. The molecule has 0 aliphatic carbocycles. The summed E-state index contributed by atoms with van der Waals surface area (Å²) in [4.78, 5) is 23.5. The summed E-state index contributed by atoms with van der Waals surface area (Å²) in [5.41, 5.74) is 0.178. The average Bonchev–Trinajstić information content (AvgIpc) is 2.29. The zero-order valence-corrected chi connectivity index (χ0v) is 12.9. The number of benzene rings is 1. The van der Waals surface area contributed by atoms with Gasteiger partial charge < -0.3 is 15.4 Å². The van der Waals surface area contributed by atoms with E-state index in [4.69, 9.17) is 4.74 Å². The van der Waals surface area contributed by atoms with Gasteiger partial charge in [0, 0.05) is 0 Å². The van der Waals surface area contributed by atoms with Gasteiger partial charge in [-0.3, -0.25) is 4.79 Å². The van der Waals surface area contributed by atoms with Crippen molar-refractivity contribution in [2.45, 2.75) is 46.3 Å². The Labute approximate surface area is 123 Å². The molecular weight excluding hydrogens is 275 g/mol. The van der Waals surface area contributed by atoms with Gasteiger partial charge in [0.1, 0.15) is 17.5 Å². The van der Waals surface area contributed by atoms with E-state index in [-0.39, 0.29) is 5.69 Å². The molecule has 5 nitrogen and oxygen atoms in total. The Morgan fingerprint density at radius 1 is 1.29 bits per heavy atom. The molecule has 0 bridgehead atoms. The van der Waals surface area contributed by atoms with Crippen LogP contribution >= 0.6 is 0 Å². The molecule has 1 aromatic rings. The second kappa shape index (κ2) is 6.56. The van der Waals surface area contributed by atoms with Crippen molar-refractivity contribution in [2.24, 2.45) is 0 Å². The number of amides is 2. The molecule has 21 heavy (non-hydrogen) atoms. The maximum atomic E-state index is 13.6. The molecule has 1 rings (SSSR count). The van der Waals surface area contributed by atoms with Crippen molar-refractivity contribution >= 4 is 17.7 Å². The van der Waals surface area contributed by atoms with E-state index in [0.29, 0.717) is 0 Å². The second-order valence-corrected chi connectivity index (χ2v) is 5.84. The number of ether oxygens (including phenoxy) is 1. The molecule has 0 aliphatic rings. The Bertz CT molecular complexity index is 538. The summed E-state index contributed by atoms with van der Waals surface area (Å²) in [6.45, 7) is 8.41. The summed E-state index contributed by atoms with van der Waals surface area (Å²) in [6, 6.07) is 3.63. The van der Waals surface area contributed by atoms with Gasteiger partial charge in [0.2, 0.25) is 5.91 Å². The fraction of sp³-hybridized carbons (Fsp3) is 0.467. The van der Waals surface area contributed by atoms with Crippen molar-refractivity contribution in [3.63, 3.8) is 0 Å². The SMILES string of the molecule is Cc1ccc(NC(=O)[C@@H](C)NC(=O)OC(C)(C)C)c(F)c1. The summed E-state index contributed by atoms with van der Waals surface area (Å²) < 4.78 is 18.7. The Kier molecular flexibility index (Phi) is 5.29. The molecular formula is C15H21FN2O3. The number of hydrogen-bond donors (Lipinski definition) is 2. The molecule has 2 N–H and O–H groups in total. The topological polar surface area (TPSA) is 67.4 Å². The average molecular weight is 296 g/mol. The molecule has 0 heterocycles. The van der Waals surface area contributed by atoms with Crippen LogP contribution in [0.5, 0.6) is 0 Å². The van der Waals surface area contributed by atoms with Crippen LogP contribution < -0.4 is 10.6 Å². The molecule has 0 unspecified atom stereocenters. The number of aryl methyl sites for hydroxylation is 1. The molecule has 0 aliphatic heterocycles. The summed E-state index contributed by atoms with van der Waals surface area (Å²) in [6.07, 6.45) is -0.700. The Morgan fingerprint density at radius 3 is 2.43 bits per heavy atom. The lowest BCUT2D eigenvalue weighted by molar-refractivity contribution is -0.117. The minimum Gasteiger partial charge on any atom is -0.444 e. The van der Waals surface area contributed by atoms with Crippen molar-refractivity contribution < 1.29 is 18.7 Å². The fourth-order valence-corrected chi connectivity index (χ4v) is 1.51. The summed E-state index contributed by atoms with van der Waals surface area (Å²) >= 11 is 0. The first-order chi connectivity index (χ1) is 9.58. The smallest absolute Gasteiger partial charge is 0.408 e. The van der Waals surface area contributed by atoms with Gasteiger partial charge in [0.05, 0.1) is 5.69 Å². The maximum absolute atomic E-state index is 13.6. The molecule has 1 atom stereocenters. The highest BCUT2D eigenvalue weighted by Crippen LogP contribution is 2.15. The van der Waals surface area contributed by atoms with Crippen LogP contribution in [-0.2, 0) is 9.53 Å². The van der Waals surface area contributed by atoms with Gasteiger partial charge in [-0.15, -0.1) is 0 Å². The monoisotopic (exact) mass is 296 g/mol. The van der Waals surface area contributed by atoms with E-state index >= 15 is 0 Å². The van der Waals surface area contributed by atoms with Crippen molar-refractivity contribution in [3.05, 3.63) is 29.6 Å². The Morgan fingerprint density at radius 2 is 1.90 bits per heavy atom. The normalized spacial score (nSPS) is 12.5. The predicted octanol–water partition coefficient (Wildman–Crippen LogP) is 2.99. The number of carbonyl (C=O) groups excluding carboxylic acids is 2. The van der Waals surface area contributed by atoms with Crippen molar-refractivity contribution in [1.82, 2.24) is 5.32 Å². The molecule has 0 radical (unpaired) electrons. The van der Waals surface area contributed by atoms with Gasteiger partial charge in [0.25, 0.3) is 0 Å². The van der Waals surface area contributed by atoms with E-state index in [0.717, 1.165) is 5.56 Å². The minimum atomic E-state index is -0.847. The molecule has 0 saturated heterocycles. The van der Waals surface area contributed by atoms with Gasteiger partial charge in [-0.2, -0.15) is 0 Å². The van der Waals surface area contributed by atoms with Crippen molar-refractivity contribution in [2.75, 3.05) is 5.32 Å². The first-order valence-electron chi connectivity index (χ1n) is 6.65. The third kappa shape index (κ3) is 5.81. The molecule has 0 spiro atoms. The van der Waals surface area contributed by atoms with Crippen molar-refractivity contribution in [3.8, 4) is 0 Å². The molecule has 116 valence electrons. The van der Waals surface area contributed by atoms with E-state index in [2.05, 4.69) is 10.6 Å². The maximum Gasteiger partial charge on any atom is 0.408 e. The minimum absolute atomic E-state index is 0.0726. The standard InChI is InChI=1S/C15H21FN2O3/c1-9-6-7-12(11(16)8-9)18-13(19)10(2)17-14(20)21-15(3,4)5/h6-8,10H,1-5H3,(H,17,20)(H,18,19)/t10-/m1/s1. The lowest BCUT2D eigenvalue weighted by atomic mass is 10.2. The van der Waals surface area contributed by atoms with Gasteiger partial charge in [-0.1, -0.05) is 6.07 Å². The molecule has 0 saturated carbocycles. The zero-order chi connectivity index (χ0) is 16.2. The van der Waals surface area contributed by atoms with Crippen LogP contribution in [0.25, 0.3) is 0 Å². The van der Waals surface area contributed by atoms with Crippen LogP contribution in [0.1, 0.15) is 33.3 Å². The number of carbonyl (C=O) groups is 2. The van der Waals surface area contributed by atoms with E-state index in [1.54, 1.807) is 33.8 Å². The summed E-state index contributed by atoms with van der Waals surface area (Å²) in [5, 5.41) is 4.81. The predicted molar refractivity (Wildman–Crippen MR) is 78.6 cm³/mol. The first-order valence-corrected chi connectivity index (χ1v) is 6.65. The number of anilines is 1. The lowest BCUT2D eigenvalue weighted by Gasteiger charge is -2.21.